The van der Waals surface area contributed by atoms with Gasteiger partial charge in [-0.15, -0.1) is 0 Å². The van der Waals surface area contributed by atoms with Gasteiger partial charge in [-0.05, 0) is 24.1 Å². The highest BCUT2D eigenvalue weighted by Crippen LogP contribution is 2.30. The zero-order valence-corrected chi connectivity index (χ0v) is 16.5. The number of aromatic nitrogens is 3. The molecule has 0 bridgehead atoms. The standard InChI is InChI=1S/C23H23N5O2/c29-23(17-11-25-22(26-12-17)20-8-4-5-9-24-20)27-18-10-19-15-30-21(14-28(19)13-18)16-6-2-1-3-7-16/h1-9,11-12,18-19,21H,10,13-15H2,(H,27,29)/t18-,19+,21-/m1/s1. The van der Waals surface area contributed by atoms with Crippen molar-refractivity contribution >= 4 is 5.91 Å². The van der Waals surface area contributed by atoms with Crippen molar-refractivity contribution in [2.45, 2.75) is 24.6 Å². The summed E-state index contributed by atoms with van der Waals surface area (Å²) < 4.78 is 6.09. The van der Waals surface area contributed by atoms with E-state index in [9.17, 15) is 4.79 Å². The summed E-state index contributed by atoms with van der Waals surface area (Å²) in [6.07, 6.45) is 5.79. The van der Waals surface area contributed by atoms with Gasteiger partial charge in [0, 0.05) is 43.8 Å². The predicted octanol–water partition coefficient (Wildman–Crippen LogP) is 2.48. The molecule has 3 atom stereocenters. The second kappa shape index (κ2) is 8.30. The van der Waals surface area contributed by atoms with E-state index < -0.39 is 0 Å². The number of nitrogens with zero attached hydrogens (tertiary/aromatic N) is 4. The van der Waals surface area contributed by atoms with Crippen molar-refractivity contribution in [2.24, 2.45) is 0 Å². The number of carbonyl (C=O) groups is 1. The summed E-state index contributed by atoms with van der Waals surface area (Å²) in [5, 5.41) is 3.13. The molecule has 2 saturated heterocycles. The Morgan fingerprint density at radius 2 is 1.80 bits per heavy atom. The topological polar surface area (TPSA) is 80.2 Å². The quantitative estimate of drug-likeness (QED) is 0.724. The van der Waals surface area contributed by atoms with E-state index in [1.807, 2.05) is 36.4 Å². The average molecular weight is 401 g/mol. The van der Waals surface area contributed by atoms with Gasteiger partial charge in [-0.1, -0.05) is 36.4 Å². The van der Waals surface area contributed by atoms with Crippen LogP contribution in [0.4, 0.5) is 0 Å². The summed E-state index contributed by atoms with van der Waals surface area (Å²) in [4.78, 5) is 27.9. The first kappa shape index (κ1) is 18.8. The number of ether oxygens (including phenoxy) is 1. The van der Waals surface area contributed by atoms with Crippen LogP contribution in [-0.2, 0) is 4.74 Å². The molecule has 1 aromatic carbocycles. The smallest absolute Gasteiger partial charge is 0.254 e. The van der Waals surface area contributed by atoms with Crippen molar-refractivity contribution < 1.29 is 9.53 Å². The molecule has 5 rings (SSSR count). The maximum absolute atomic E-state index is 12.7. The summed E-state index contributed by atoms with van der Waals surface area (Å²) in [5.74, 6) is 0.363. The number of hydrogen-bond acceptors (Lipinski definition) is 6. The first-order chi connectivity index (χ1) is 14.8. The predicted molar refractivity (Wildman–Crippen MR) is 112 cm³/mol. The van der Waals surface area contributed by atoms with Crippen LogP contribution in [-0.4, -0.2) is 57.5 Å². The summed E-state index contributed by atoms with van der Waals surface area (Å²) in [6, 6.07) is 16.3. The Bertz CT molecular complexity index is 997. The number of nitrogens with one attached hydrogen (secondary N) is 1. The van der Waals surface area contributed by atoms with Crippen LogP contribution in [0.15, 0.2) is 67.1 Å². The SMILES string of the molecule is O=C(N[C@@H]1C[C@H]2CO[C@@H](c3ccccc3)CN2C1)c1cnc(-c2ccccn2)nc1. The van der Waals surface area contributed by atoms with E-state index in [0.717, 1.165) is 19.5 Å². The zero-order chi connectivity index (χ0) is 20.3. The number of pyridine rings is 1. The number of carbonyl (C=O) groups excluding carboxylic acids is 1. The van der Waals surface area contributed by atoms with Crippen molar-refractivity contribution in [1.29, 1.82) is 0 Å². The lowest BCUT2D eigenvalue weighted by molar-refractivity contribution is -0.0502. The Hall–Kier alpha value is -3.16. The average Bonchev–Trinajstić information content (AvgIpc) is 3.22. The molecule has 0 aliphatic carbocycles. The molecular weight excluding hydrogens is 378 g/mol. The molecular formula is C23H23N5O2. The first-order valence-corrected chi connectivity index (χ1v) is 10.2. The van der Waals surface area contributed by atoms with Crippen molar-refractivity contribution in [3.63, 3.8) is 0 Å². The highest BCUT2D eigenvalue weighted by Gasteiger charge is 2.38. The van der Waals surface area contributed by atoms with Gasteiger partial charge in [-0.2, -0.15) is 0 Å². The van der Waals surface area contributed by atoms with Gasteiger partial charge in [-0.3, -0.25) is 14.7 Å². The number of hydrogen-bond donors (Lipinski definition) is 1. The Morgan fingerprint density at radius 1 is 1.00 bits per heavy atom. The van der Waals surface area contributed by atoms with Crippen LogP contribution in [0.1, 0.15) is 28.4 Å². The van der Waals surface area contributed by atoms with Gasteiger partial charge < -0.3 is 10.1 Å². The van der Waals surface area contributed by atoms with E-state index in [1.54, 1.807) is 18.6 Å². The largest absolute Gasteiger partial charge is 0.371 e. The number of fused-ring (bicyclic) bond motifs is 1. The van der Waals surface area contributed by atoms with E-state index in [0.29, 0.717) is 29.7 Å². The highest BCUT2D eigenvalue weighted by molar-refractivity contribution is 5.93. The third-order valence-corrected chi connectivity index (χ3v) is 5.73. The Balaban J connectivity index is 1.19. The second-order valence-electron chi connectivity index (χ2n) is 7.76. The van der Waals surface area contributed by atoms with E-state index >= 15 is 0 Å². The summed E-state index contributed by atoms with van der Waals surface area (Å²) in [5.41, 5.74) is 2.34. The van der Waals surface area contributed by atoms with Crippen LogP contribution in [0.5, 0.6) is 0 Å². The first-order valence-electron chi connectivity index (χ1n) is 10.2. The van der Waals surface area contributed by atoms with Gasteiger partial charge in [0.25, 0.3) is 5.91 Å². The molecule has 1 N–H and O–H groups in total. The molecule has 2 aliphatic heterocycles. The lowest BCUT2D eigenvalue weighted by atomic mass is 10.1. The maximum Gasteiger partial charge on any atom is 0.254 e. The van der Waals surface area contributed by atoms with Crippen molar-refractivity contribution in [3.8, 4) is 11.5 Å². The van der Waals surface area contributed by atoms with E-state index in [-0.39, 0.29) is 18.1 Å². The van der Waals surface area contributed by atoms with Crippen LogP contribution in [0, 0.1) is 0 Å². The van der Waals surface area contributed by atoms with Gasteiger partial charge in [-0.25, -0.2) is 9.97 Å². The van der Waals surface area contributed by atoms with E-state index in [2.05, 4.69) is 37.3 Å². The minimum absolute atomic E-state index is 0.0874. The van der Waals surface area contributed by atoms with Gasteiger partial charge in [0.2, 0.25) is 0 Å². The fraction of sp³-hybridized carbons (Fsp3) is 0.304. The molecule has 1 amide bonds. The third kappa shape index (κ3) is 3.94. The molecule has 3 aromatic rings. The molecule has 0 unspecified atom stereocenters. The molecule has 2 aliphatic rings. The monoisotopic (exact) mass is 401 g/mol. The van der Waals surface area contributed by atoms with Gasteiger partial charge in [0.05, 0.1) is 18.3 Å². The minimum Gasteiger partial charge on any atom is -0.371 e. The molecule has 0 saturated carbocycles. The minimum atomic E-state index is -0.145. The molecule has 30 heavy (non-hydrogen) atoms. The van der Waals surface area contributed by atoms with Crippen LogP contribution < -0.4 is 5.32 Å². The van der Waals surface area contributed by atoms with Gasteiger partial charge in [0.15, 0.2) is 5.82 Å². The van der Waals surface area contributed by atoms with Crippen molar-refractivity contribution in [2.75, 3.05) is 19.7 Å². The molecule has 7 heteroatoms. The molecule has 152 valence electrons. The van der Waals surface area contributed by atoms with Gasteiger partial charge in [0.1, 0.15) is 5.69 Å². The normalized spacial score (nSPS) is 23.7. The van der Waals surface area contributed by atoms with Crippen molar-refractivity contribution in [3.05, 3.63) is 78.2 Å². The zero-order valence-electron chi connectivity index (χ0n) is 16.5. The number of rotatable bonds is 4. The Labute approximate surface area is 175 Å². The molecule has 2 fully saturated rings. The van der Waals surface area contributed by atoms with E-state index in [4.69, 9.17) is 4.74 Å². The fourth-order valence-electron chi connectivity index (χ4n) is 4.19. The van der Waals surface area contributed by atoms with Crippen molar-refractivity contribution in [1.82, 2.24) is 25.2 Å². The third-order valence-electron chi connectivity index (χ3n) is 5.73. The lowest BCUT2D eigenvalue weighted by Crippen LogP contribution is -2.43. The molecule has 4 heterocycles. The van der Waals surface area contributed by atoms with Crippen LogP contribution in [0.2, 0.25) is 0 Å². The van der Waals surface area contributed by atoms with Crippen LogP contribution in [0.3, 0.4) is 0 Å². The molecule has 7 nitrogen and oxygen atoms in total. The number of benzene rings is 1. The summed E-state index contributed by atoms with van der Waals surface area (Å²) >= 11 is 0. The summed E-state index contributed by atoms with van der Waals surface area (Å²) in [7, 11) is 0. The Kier molecular flexibility index (Phi) is 5.21. The van der Waals surface area contributed by atoms with Crippen LogP contribution in [0.25, 0.3) is 11.5 Å². The van der Waals surface area contributed by atoms with Crippen LogP contribution >= 0.6 is 0 Å². The van der Waals surface area contributed by atoms with Gasteiger partial charge >= 0.3 is 0 Å². The number of amides is 1. The maximum atomic E-state index is 12.7. The Morgan fingerprint density at radius 3 is 2.57 bits per heavy atom. The highest BCUT2D eigenvalue weighted by atomic mass is 16.5. The molecule has 2 aromatic heterocycles. The van der Waals surface area contributed by atoms with E-state index in [1.165, 1.54) is 5.56 Å². The fourth-order valence-corrected chi connectivity index (χ4v) is 4.19. The number of morpholine rings is 1. The lowest BCUT2D eigenvalue weighted by Gasteiger charge is -2.35. The summed E-state index contributed by atoms with van der Waals surface area (Å²) in [6.45, 7) is 2.37. The molecule has 0 radical (unpaired) electrons. The second-order valence-corrected chi connectivity index (χ2v) is 7.76. The molecule has 0 spiro atoms.